The summed E-state index contributed by atoms with van der Waals surface area (Å²) in [6, 6.07) is 4.42. The minimum absolute atomic E-state index is 0.0768. The summed E-state index contributed by atoms with van der Waals surface area (Å²) < 4.78 is 7.62. The lowest BCUT2D eigenvalue weighted by atomic mass is 9.85. The van der Waals surface area contributed by atoms with Crippen LogP contribution in [0.4, 0.5) is 17.6 Å². The van der Waals surface area contributed by atoms with Gasteiger partial charge in [0, 0.05) is 31.2 Å². The third-order valence-electron chi connectivity index (χ3n) is 7.28. The maximum Gasteiger partial charge on any atom is 0.224 e. The molecule has 2 aromatic heterocycles. The molecule has 0 unspecified atom stereocenters. The number of nitrogens with two attached hydrogens (primary N) is 1. The summed E-state index contributed by atoms with van der Waals surface area (Å²) in [4.78, 5) is 26.0. The summed E-state index contributed by atoms with van der Waals surface area (Å²) in [7, 11) is 0. The molecular weight excluding hydrogens is 466 g/mol. The molecule has 5 rings (SSSR count). The Kier molecular flexibility index (Phi) is 6.80. The predicted octanol–water partition coefficient (Wildman–Crippen LogP) is 4.65. The van der Waals surface area contributed by atoms with Crippen molar-refractivity contribution in [1.29, 1.82) is 0 Å². The maximum absolute atomic E-state index is 11.7. The number of amides is 1. The number of nitrogens with one attached hydrogen (secondary N) is 2. The summed E-state index contributed by atoms with van der Waals surface area (Å²) in [6.45, 7) is 5.59. The van der Waals surface area contributed by atoms with E-state index in [4.69, 9.17) is 32.0 Å². The van der Waals surface area contributed by atoms with E-state index in [1.807, 2.05) is 19.1 Å². The number of ether oxygens (including phenoxy) is 1. The topological polar surface area (TPSA) is 120 Å². The van der Waals surface area contributed by atoms with E-state index in [1.54, 1.807) is 6.20 Å². The van der Waals surface area contributed by atoms with Gasteiger partial charge in [-0.2, -0.15) is 4.98 Å². The fourth-order valence-electron chi connectivity index (χ4n) is 5.03. The van der Waals surface area contributed by atoms with Gasteiger partial charge in [0.25, 0.3) is 0 Å². The minimum atomic E-state index is -0.218. The fraction of sp³-hybridized carbons (Fsp3) is 0.520. The summed E-state index contributed by atoms with van der Waals surface area (Å²) in [6.07, 6.45) is 6.76. The number of aryl methyl sites for hydroxylation is 2. The molecule has 1 saturated carbocycles. The highest BCUT2D eigenvalue weighted by atomic mass is 35.5. The Hall–Kier alpha value is -2.91. The molecule has 3 heterocycles. The van der Waals surface area contributed by atoms with Crippen LogP contribution in [0.2, 0.25) is 5.02 Å². The lowest BCUT2D eigenvalue weighted by Gasteiger charge is -2.29. The summed E-state index contributed by atoms with van der Waals surface area (Å²) in [5.41, 5.74) is 10.1. The standard InChI is InChI=1S/C25H32ClN7O2/c1-14-11-19(26)20(12-15(14)2)30-25-31-21-13-28-24(29-17-7-9-35-10-8-17)32-23(21)33(25)18-5-3-16(4-6-18)22(27)34/h11-13,16-18H,3-10H2,1-2H3,(H2,27,34)(H,30,31)(H,28,29,32)/t16-,18+. The molecule has 4 N–H and O–H groups in total. The second-order valence-electron chi connectivity index (χ2n) is 9.69. The van der Waals surface area contributed by atoms with Crippen molar-refractivity contribution in [1.82, 2.24) is 19.5 Å². The Bertz CT molecular complexity index is 1230. The first-order valence-electron chi connectivity index (χ1n) is 12.3. The van der Waals surface area contributed by atoms with E-state index in [0.717, 1.165) is 74.2 Å². The number of carbonyl (C=O) groups excluding carboxylic acids is 1. The zero-order valence-corrected chi connectivity index (χ0v) is 20.9. The van der Waals surface area contributed by atoms with E-state index >= 15 is 0 Å². The highest BCUT2D eigenvalue weighted by molar-refractivity contribution is 6.33. The van der Waals surface area contributed by atoms with Crippen LogP contribution in [-0.2, 0) is 9.53 Å². The monoisotopic (exact) mass is 497 g/mol. The molecule has 0 radical (unpaired) electrons. The normalized spacial score (nSPS) is 21.2. The van der Waals surface area contributed by atoms with Crippen molar-refractivity contribution in [2.24, 2.45) is 11.7 Å². The molecule has 1 aliphatic carbocycles. The molecule has 0 bridgehead atoms. The van der Waals surface area contributed by atoms with Crippen LogP contribution in [0.25, 0.3) is 11.2 Å². The smallest absolute Gasteiger partial charge is 0.224 e. The average molecular weight is 498 g/mol. The van der Waals surface area contributed by atoms with E-state index in [-0.39, 0.29) is 23.9 Å². The number of aromatic nitrogens is 4. The van der Waals surface area contributed by atoms with Gasteiger partial charge in [0.2, 0.25) is 17.8 Å². The van der Waals surface area contributed by atoms with Crippen LogP contribution in [-0.4, -0.2) is 44.7 Å². The molecule has 1 saturated heterocycles. The number of benzene rings is 1. The van der Waals surface area contributed by atoms with Crippen LogP contribution in [0.15, 0.2) is 18.3 Å². The highest BCUT2D eigenvalue weighted by Gasteiger charge is 2.29. The molecule has 3 aromatic rings. The third kappa shape index (κ3) is 5.06. The van der Waals surface area contributed by atoms with Crippen LogP contribution < -0.4 is 16.4 Å². The first-order valence-corrected chi connectivity index (χ1v) is 12.7. The van der Waals surface area contributed by atoms with E-state index in [9.17, 15) is 4.79 Å². The van der Waals surface area contributed by atoms with Crippen molar-refractivity contribution in [2.75, 3.05) is 23.8 Å². The van der Waals surface area contributed by atoms with Gasteiger partial charge in [-0.05, 0) is 75.6 Å². The van der Waals surface area contributed by atoms with E-state index in [1.165, 1.54) is 0 Å². The van der Waals surface area contributed by atoms with Crippen molar-refractivity contribution in [2.45, 2.75) is 64.5 Å². The number of primary amides is 1. The largest absolute Gasteiger partial charge is 0.381 e. The molecule has 0 spiro atoms. The van der Waals surface area contributed by atoms with Gasteiger partial charge in [0.15, 0.2) is 5.65 Å². The molecule has 1 amide bonds. The molecule has 10 heteroatoms. The number of carbonyl (C=O) groups is 1. The number of nitrogens with zero attached hydrogens (tertiary/aromatic N) is 4. The molecule has 186 valence electrons. The van der Waals surface area contributed by atoms with Crippen molar-refractivity contribution < 1.29 is 9.53 Å². The Morgan fingerprint density at radius 2 is 1.80 bits per heavy atom. The van der Waals surface area contributed by atoms with Gasteiger partial charge in [-0.1, -0.05) is 11.6 Å². The number of hydrogen-bond donors (Lipinski definition) is 3. The first kappa shape index (κ1) is 23.8. The van der Waals surface area contributed by atoms with Gasteiger partial charge in [-0.25, -0.2) is 9.97 Å². The second kappa shape index (κ2) is 9.99. The van der Waals surface area contributed by atoms with E-state index < -0.39 is 0 Å². The Labute approximate surface area is 209 Å². The molecule has 0 atom stereocenters. The Morgan fingerprint density at radius 1 is 1.09 bits per heavy atom. The van der Waals surface area contributed by atoms with E-state index in [2.05, 4.69) is 27.1 Å². The summed E-state index contributed by atoms with van der Waals surface area (Å²) in [5, 5.41) is 7.55. The number of halogens is 1. The zero-order valence-electron chi connectivity index (χ0n) is 20.2. The molecule has 9 nitrogen and oxygen atoms in total. The number of imidazole rings is 1. The lowest BCUT2D eigenvalue weighted by molar-refractivity contribution is -0.122. The molecular formula is C25H32ClN7O2. The molecule has 2 fully saturated rings. The molecule has 1 aromatic carbocycles. The molecule has 35 heavy (non-hydrogen) atoms. The van der Waals surface area contributed by atoms with Crippen LogP contribution in [0, 0.1) is 19.8 Å². The van der Waals surface area contributed by atoms with Crippen molar-refractivity contribution >= 4 is 46.3 Å². The van der Waals surface area contributed by atoms with Crippen molar-refractivity contribution in [3.8, 4) is 0 Å². The van der Waals surface area contributed by atoms with Crippen LogP contribution in [0.5, 0.6) is 0 Å². The van der Waals surface area contributed by atoms with E-state index in [0.29, 0.717) is 22.4 Å². The number of anilines is 3. The first-order chi connectivity index (χ1) is 16.9. The Morgan fingerprint density at radius 3 is 2.51 bits per heavy atom. The van der Waals surface area contributed by atoms with Gasteiger partial charge in [0.1, 0.15) is 5.52 Å². The van der Waals surface area contributed by atoms with Gasteiger partial charge < -0.3 is 21.1 Å². The fourth-order valence-corrected chi connectivity index (χ4v) is 5.30. The minimum Gasteiger partial charge on any atom is -0.381 e. The Balaban J connectivity index is 1.51. The van der Waals surface area contributed by atoms with Crippen molar-refractivity contribution in [3.05, 3.63) is 34.5 Å². The van der Waals surface area contributed by atoms with Crippen molar-refractivity contribution in [3.63, 3.8) is 0 Å². The van der Waals surface area contributed by atoms with Gasteiger partial charge in [-0.3, -0.25) is 9.36 Å². The third-order valence-corrected chi connectivity index (χ3v) is 7.59. The van der Waals surface area contributed by atoms with Crippen LogP contribution >= 0.6 is 11.6 Å². The highest BCUT2D eigenvalue weighted by Crippen LogP contribution is 2.38. The average Bonchev–Trinajstić information content (AvgIpc) is 3.20. The summed E-state index contributed by atoms with van der Waals surface area (Å²) >= 11 is 6.58. The number of hydrogen-bond acceptors (Lipinski definition) is 7. The van der Waals surface area contributed by atoms with Gasteiger partial charge in [0.05, 0.1) is 16.9 Å². The van der Waals surface area contributed by atoms with Gasteiger partial charge >= 0.3 is 0 Å². The molecule has 2 aliphatic rings. The SMILES string of the molecule is Cc1cc(Cl)c(Nc2nc3cnc(NC4CCOCC4)nc3n2[C@H]2CC[C@@H](C(N)=O)CC2)cc1C. The van der Waals surface area contributed by atoms with Crippen LogP contribution in [0.3, 0.4) is 0 Å². The number of fused-ring (bicyclic) bond motifs is 1. The number of rotatable bonds is 6. The zero-order chi connectivity index (χ0) is 24.5. The quantitative estimate of drug-likeness (QED) is 0.453. The van der Waals surface area contributed by atoms with Crippen LogP contribution in [0.1, 0.15) is 55.7 Å². The van der Waals surface area contributed by atoms with Gasteiger partial charge in [-0.15, -0.1) is 0 Å². The molecule has 1 aliphatic heterocycles. The predicted molar refractivity (Wildman–Crippen MR) is 137 cm³/mol. The summed E-state index contributed by atoms with van der Waals surface area (Å²) in [5.74, 6) is 0.966. The lowest BCUT2D eigenvalue weighted by Crippen LogP contribution is -2.29. The second-order valence-corrected chi connectivity index (χ2v) is 10.1. The maximum atomic E-state index is 11.7.